The van der Waals surface area contributed by atoms with Gasteiger partial charge in [0.2, 0.25) is 0 Å². The number of nitrogens with one attached hydrogen (secondary N) is 2. The van der Waals surface area contributed by atoms with E-state index >= 15 is 0 Å². The summed E-state index contributed by atoms with van der Waals surface area (Å²) in [6, 6.07) is 24.6. The number of hydrogen-bond acceptors (Lipinski definition) is 4. The monoisotopic (exact) mass is 384 g/mol. The smallest absolute Gasteiger partial charge is 0.255 e. The third-order valence-electron chi connectivity index (χ3n) is 4.47. The fourth-order valence-corrected chi connectivity index (χ4v) is 3.01. The molecule has 29 heavy (non-hydrogen) atoms. The van der Waals surface area contributed by atoms with Crippen LogP contribution in [0, 0.1) is 0 Å². The molecule has 0 atom stereocenters. The first-order valence-corrected chi connectivity index (χ1v) is 9.21. The van der Waals surface area contributed by atoms with Crippen molar-refractivity contribution in [2.75, 3.05) is 12.4 Å². The van der Waals surface area contributed by atoms with Crippen molar-refractivity contribution in [1.82, 2.24) is 15.2 Å². The second-order valence-electron chi connectivity index (χ2n) is 6.50. The average molecular weight is 384 g/mol. The minimum atomic E-state index is -0.191. The van der Waals surface area contributed by atoms with Gasteiger partial charge in [-0.3, -0.25) is 9.89 Å². The molecule has 0 saturated heterocycles. The second-order valence-corrected chi connectivity index (χ2v) is 6.50. The molecule has 0 spiro atoms. The number of ether oxygens (including phenoxy) is 1. The van der Waals surface area contributed by atoms with Crippen molar-refractivity contribution in [3.8, 4) is 22.8 Å². The van der Waals surface area contributed by atoms with Crippen molar-refractivity contribution in [2.45, 2.75) is 6.61 Å². The number of carbonyl (C=O) groups is 1. The summed E-state index contributed by atoms with van der Waals surface area (Å²) in [5.74, 6) is 1.01. The minimum absolute atomic E-state index is 0.191. The fraction of sp³-hybridized carbons (Fsp3) is 0.0870. The maximum Gasteiger partial charge on any atom is 0.255 e. The van der Waals surface area contributed by atoms with Crippen molar-refractivity contribution in [1.29, 1.82) is 0 Å². The number of rotatable bonds is 6. The SMILES string of the molecule is COCc1ccc(C(=O)Nc2ccccc2-c2nc(-c3ccccc3)n[nH]2)cc1. The van der Waals surface area contributed by atoms with Crippen LogP contribution in [-0.4, -0.2) is 28.2 Å². The maximum absolute atomic E-state index is 12.7. The van der Waals surface area contributed by atoms with Crippen LogP contribution in [0.4, 0.5) is 5.69 Å². The highest BCUT2D eigenvalue weighted by molar-refractivity contribution is 6.06. The molecule has 0 aliphatic heterocycles. The summed E-state index contributed by atoms with van der Waals surface area (Å²) in [5, 5.41) is 10.2. The lowest BCUT2D eigenvalue weighted by atomic mass is 10.1. The lowest BCUT2D eigenvalue weighted by molar-refractivity contribution is 0.102. The fourth-order valence-electron chi connectivity index (χ4n) is 3.01. The Morgan fingerprint density at radius 1 is 0.966 bits per heavy atom. The van der Waals surface area contributed by atoms with E-state index in [4.69, 9.17) is 4.74 Å². The van der Waals surface area contributed by atoms with Crippen molar-refractivity contribution >= 4 is 11.6 Å². The molecule has 6 heteroatoms. The number of nitrogens with zero attached hydrogens (tertiary/aromatic N) is 2. The van der Waals surface area contributed by atoms with E-state index in [1.807, 2.05) is 66.7 Å². The highest BCUT2D eigenvalue weighted by atomic mass is 16.5. The van der Waals surface area contributed by atoms with Gasteiger partial charge in [0.05, 0.1) is 12.3 Å². The molecule has 0 bridgehead atoms. The van der Waals surface area contributed by atoms with Gasteiger partial charge in [0.25, 0.3) is 5.91 Å². The maximum atomic E-state index is 12.7. The van der Waals surface area contributed by atoms with Crippen molar-refractivity contribution in [2.24, 2.45) is 0 Å². The molecule has 0 radical (unpaired) electrons. The van der Waals surface area contributed by atoms with Gasteiger partial charge in [-0.25, -0.2) is 4.98 Å². The molecule has 4 rings (SSSR count). The first kappa shape index (κ1) is 18.6. The molecule has 0 unspecified atom stereocenters. The van der Waals surface area contributed by atoms with Gasteiger partial charge in [0.1, 0.15) is 0 Å². The summed E-state index contributed by atoms with van der Waals surface area (Å²) < 4.78 is 5.11. The zero-order valence-electron chi connectivity index (χ0n) is 15.9. The predicted molar refractivity (Wildman–Crippen MR) is 112 cm³/mol. The Bertz CT molecular complexity index is 1110. The predicted octanol–water partition coefficient (Wildman–Crippen LogP) is 4.54. The third-order valence-corrected chi connectivity index (χ3v) is 4.47. The number of carbonyl (C=O) groups excluding carboxylic acids is 1. The first-order valence-electron chi connectivity index (χ1n) is 9.21. The van der Waals surface area contributed by atoms with Gasteiger partial charge in [-0.05, 0) is 29.8 Å². The standard InChI is InChI=1S/C23H20N4O2/c1-29-15-16-11-13-18(14-12-16)23(28)24-20-10-6-5-9-19(20)22-25-21(26-27-22)17-7-3-2-4-8-17/h2-14H,15H2,1H3,(H,24,28)(H,25,26,27). The number of aromatic amines is 1. The molecule has 0 aliphatic carbocycles. The molecule has 4 aromatic rings. The normalized spacial score (nSPS) is 10.7. The molecule has 3 aromatic carbocycles. The zero-order chi connectivity index (χ0) is 20.1. The quantitative estimate of drug-likeness (QED) is 0.512. The highest BCUT2D eigenvalue weighted by Crippen LogP contribution is 2.27. The summed E-state index contributed by atoms with van der Waals surface area (Å²) in [6.45, 7) is 0.514. The van der Waals surface area contributed by atoms with Crippen molar-refractivity contribution < 1.29 is 9.53 Å². The number of para-hydroxylation sites is 1. The number of benzene rings is 3. The number of amides is 1. The minimum Gasteiger partial charge on any atom is -0.380 e. The zero-order valence-corrected chi connectivity index (χ0v) is 15.9. The first-order chi connectivity index (χ1) is 14.2. The molecular formula is C23H20N4O2. The summed E-state index contributed by atoms with van der Waals surface area (Å²) >= 11 is 0. The molecule has 0 aliphatic rings. The van der Waals surface area contributed by atoms with Crippen LogP contribution in [0.15, 0.2) is 78.9 Å². The van der Waals surface area contributed by atoms with Gasteiger partial charge in [-0.1, -0.05) is 54.6 Å². The lowest BCUT2D eigenvalue weighted by Crippen LogP contribution is -2.12. The van der Waals surface area contributed by atoms with Crippen LogP contribution in [0.25, 0.3) is 22.8 Å². The van der Waals surface area contributed by atoms with E-state index in [9.17, 15) is 4.79 Å². The molecule has 0 saturated carbocycles. The second kappa shape index (κ2) is 8.50. The number of methoxy groups -OCH3 is 1. The highest BCUT2D eigenvalue weighted by Gasteiger charge is 2.14. The Labute approximate surface area is 168 Å². The van der Waals surface area contributed by atoms with Crippen LogP contribution in [0.2, 0.25) is 0 Å². The van der Waals surface area contributed by atoms with Crippen LogP contribution in [0.3, 0.4) is 0 Å². The lowest BCUT2D eigenvalue weighted by Gasteiger charge is -2.09. The largest absolute Gasteiger partial charge is 0.380 e. The van der Waals surface area contributed by atoms with Gasteiger partial charge in [-0.15, -0.1) is 0 Å². The summed E-state index contributed by atoms with van der Waals surface area (Å²) in [4.78, 5) is 17.3. The van der Waals surface area contributed by atoms with Crippen LogP contribution in [0.1, 0.15) is 15.9 Å². The molecule has 144 valence electrons. The molecule has 2 N–H and O–H groups in total. The van der Waals surface area contributed by atoms with E-state index in [0.717, 1.165) is 16.7 Å². The Morgan fingerprint density at radius 3 is 2.45 bits per heavy atom. The van der Waals surface area contributed by atoms with Crippen LogP contribution in [-0.2, 0) is 11.3 Å². The van der Waals surface area contributed by atoms with Crippen LogP contribution >= 0.6 is 0 Å². The van der Waals surface area contributed by atoms with E-state index in [-0.39, 0.29) is 5.91 Å². The number of H-pyrrole nitrogens is 1. The summed E-state index contributed by atoms with van der Waals surface area (Å²) in [5.41, 5.74) is 3.94. The Hall–Kier alpha value is -3.77. The van der Waals surface area contributed by atoms with Gasteiger partial charge in [-0.2, -0.15) is 5.10 Å². The number of anilines is 1. The summed E-state index contributed by atoms with van der Waals surface area (Å²) in [7, 11) is 1.64. The average Bonchev–Trinajstić information content (AvgIpc) is 3.26. The van der Waals surface area contributed by atoms with E-state index in [0.29, 0.717) is 29.5 Å². The molecular weight excluding hydrogens is 364 g/mol. The Balaban J connectivity index is 1.57. The van der Waals surface area contributed by atoms with E-state index in [2.05, 4.69) is 20.5 Å². The topological polar surface area (TPSA) is 79.9 Å². The molecule has 0 fully saturated rings. The molecule has 6 nitrogen and oxygen atoms in total. The third kappa shape index (κ3) is 4.23. The van der Waals surface area contributed by atoms with E-state index in [1.165, 1.54) is 0 Å². The van der Waals surface area contributed by atoms with Gasteiger partial charge in [0, 0.05) is 23.8 Å². The number of aromatic nitrogens is 3. The molecule has 1 heterocycles. The van der Waals surface area contributed by atoms with E-state index < -0.39 is 0 Å². The molecule has 1 aromatic heterocycles. The van der Waals surface area contributed by atoms with Gasteiger partial charge < -0.3 is 10.1 Å². The van der Waals surface area contributed by atoms with Gasteiger partial charge in [0.15, 0.2) is 11.6 Å². The van der Waals surface area contributed by atoms with Crippen molar-refractivity contribution in [3.63, 3.8) is 0 Å². The number of hydrogen-bond donors (Lipinski definition) is 2. The van der Waals surface area contributed by atoms with Crippen LogP contribution in [0.5, 0.6) is 0 Å². The van der Waals surface area contributed by atoms with Crippen molar-refractivity contribution in [3.05, 3.63) is 90.0 Å². The summed E-state index contributed by atoms with van der Waals surface area (Å²) in [6.07, 6.45) is 0. The molecule has 1 amide bonds. The van der Waals surface area contributed by atoms with Gasteiger partial charge >= 0.3 is 0 Å². The Morgan fingerprint density at radius 2 is 1.69 bits per heavy atom. The Kier molecular flexibility index (Phi) is 5.45. The van der Waals surface area contributed by atoms with Crippen LogP contribution < -0.4 is 5.32 Å². The van der Waals surface area contributed by atoms with E-state index in [1.54, 1.807) is 19.2 Å².